The van der Waals surface area contributed by atoms with E-state index >= 15 is 0 Å². The molecule has 1 aliphatic heterocycles. The van der Waals surface area contributed by atoms with Crippen LogP contribution in [0.5, 0.6) is 0 Å². The highest BCUT2D eigenvalue weighted by molar-refractivity contribution is 9.10. The van der Waals surface area contributed by atoms with Gasteiger partial charge in [-0.1, -0.05) is 6.92 Å². The van der Waals surface area contributed by atoms with E-state index < -0.39 is 23.9 Å². The van der Waals surface area contributed by atoms with Gasteiger partial charge in [-0.25, -0.2) is 18.2 Å². The van der Waals surface area contributed by atoms with Gasteiger partial charge in [-0.2, -0.15) is 0 Å². The van der Waals surface area contributed by atoms with E-state index in [4.69, 9.17) is 10.5 Å². The van der Waals surface area contributed by atoms with Gasteiger partial charge in [-0.15, -0.1) is 0 Å². The molecule has 4 rings (SSSR count). The summed E-state index contributed by atoms with van der Waals surface area (Å²) in [6.45, 7) is 1.80. The van der Waals surface area contributed by atoms with Crippen LogP contribution in [-0.2, 0) is 16.7 Å². The van der Waals surface area contributed by atoms with Gasteiger partial charge in [-0.3, -0.25) is 4.98 Å². The van der Waals surface area contributed by atoms with Crippen molar-refractivity contribution >= 4 is 27.6 Å². The van der Waals surface area contributed by atoms with Crippen molar-refractivity contribution in [1.82, 2.24) is 4.98 Å². The Bertz CT molecular complexity index is 987. The first kappa shape index (κ1) is 21.0. The molecule has 9 heteroatoms. The molecule has 1 aromatic heterocycles. The second-order valence-corrected chi connectivity index (χ2v) is 8.57. The van der Waals surface area contributed by atoms with Crippen LogP contribution in [0.15, 0.2) is 39.9 Å². The van der Waals surface area contributed by atoms with Crippen LogP contribution >= 0.6 is 15.9 Å². The Morgan fingerprint density at radius 3 is 2.90 bits per heavy atom. The molecule has 0 saturated heterocycles. The van der Waals surface area contributed by atoms with Gasteiger partial charge >= 0.3 is 0 Å². The number of ether oxygens (including phenoxy) is 1. The fraction of sp³-hybridized carbons (Fsp3) is 0.429. The van der Waals surface area contributed by atoms with Crippen LogP contribution < -0.4 is 11.1 Å². The average molecular weight is 483 g/mol. The molecule has 3 N–H and O–H groups in total. The molecule has 2 aliphatic rings. The lowest BCUT2D eigenvalue weighted by Gasteiger charge is -2.37. The van der Waals surface area contributed by atoms with Gasteiger partial charge in [0.05, 0.1) is 11.7 Å². The van der Waals surface area contributed by atoms with Crippen molar-refractivity contribution in [3.05, 3.63) is 57.6 Å². The number of hydrogen-bond acceptors (Lipinski definition) is 5. The molecule has 1 aliphatic carbocycles. The number of aromatic nitrogens is 1. The van der Waals surface area contributed by atoms with Gasteiger partial charge in [0.1, 0.15) is 11.9 Å². The van der Waals surface area contributed by atoms with E-state index in [1.165, 1.54) is 12.1 Å². The van der Waals surface area contributed by atoms with Crippen molar-refractivity contribution in [1.29, 1.82) is 0 Å². The number of alkyl halides is 2. The molecule has 0 radical (unpaired) electrons. The highest BCUT2D eigenvalue weighted by Crippen LogP contribution is 2.43. The van der Waals surface area contributed by atoms with Gasteiger partial charge in [-0.05, 0) is 65.0 Å². The van der Waals surface area contributed by atoms with Gasteiger partial charge < -0.3 is 15.8 Å². The second kappa shape index (κ2) is 8.09. The molecule has 3 atom stereocenters. The quantitative estimate of drug-likeness (QED) is 0.624. The normalized spacial score (nSPS) is 25.6. The molecule has 0 saturated carbocycles. The number of aryl methyl sites for hydroxylation is 1. The Labute approximate surface area is 181 Å². The lowest BCUT2D eigenvalue weighted by Crippen LogP contribution is -2.45. The van der Waals surface area contributed by atoms with E-state index in [1.807, 2.05) is 6.07 Å². The zero-order valence-corrected chi connectivity index (χ0v) is 17.9. The van der Waals surface area contributed by atoms with Crippen LogP contribution in [0, 0.1) is 5.82 Å². The minimum absolute atomic E-state index is 0.0828. The summed E-state index contributed by atoms with van der Waals surface area (Å²) in [6, 6.07) is 5.74. The van der Waals surface area contributed by atoms with Crippen molar-refractivity contribution < 1.29 is 17.9 Å². The van der Waals surface area contributed by atoms with E-state index in [1.54, 1.807) is 19.2 Å². The van der Waals surface area contributed by atoms with Crippen LogP contribution in [0.1, 0.15) is 49.0 Å². The molecule has 2 heterocycles. The smallest absolute Gasteiger partial charge is 0.283 e. The van der Waals surface area contributed by atoms with E-state index in [-0.39, 0.29) is 24.0 Å². The summed E-state index contributed by atoms with van der Waals surface area (Å²) in [4.78, 5) is 8.38. The van der Waals surface area contributed by atoms with Crippen LogP contribution in [0.2, 0.25) is 0 Å². The number of aliphatic imine (C=N–C) groups is 1. The number of rotatable bonds is 5. The Balaban J connectivity index is 1.69. The van der Waals surface area contributed by atoms with E-state index in [2.05, 4.69) is 31.2 Å². The monoisotopic (exact) mass is 482 g/mol. The van der Waals surface area contributed by atoms with Gasteiger partial charge in [0.15, 0.2) is 5.54 Å². The molecule has 0 amide bonds. The van der Waals surface area contributed by atoms with Crippen molar-refractivity contribution in [3.8, 4) is 0 Å². The highest BCUT2D eigenvalue weighted by atomic mass is 79.9. The lowest BCUT2D eigenvalue weighted by atomic mass is 9.83. The number of fused-ring (bicyclic) bond motifs is 1. The number of hydrogen-bond donors (Lipinski definition) is 2. The topological polar surface area (TPSA) is 72.5 Å². The SMILES string of the molecule is CC[C@@H]1C[C@](c2cc(N[C@@H]3CCc4cc(Br)cnc43)ccc2F)(C(F)F)N=C(N)O1. The first-order valence-corrected chi connectivity index (χ1v) is 10.6. The number of nitrogens with one attached hydrogen (secondary N) is 1. The molecule has 0 bridgehead atoms. The summed E-state index contributed by atoms with van der Waals surface area (Å²) in [6.07, 6.45) is 0.203. The van der Waals surface area contributed by atoms with E-state index in [0.717, 1.165) is 28.6 Å². The Hall–Kier alpha value is -2.29. The molecule has 2 aromatic rings. The number of pyridine rings is 1. The lowest BCUT2D eigenvalue weighted by molar-refractivity contribution is -0.0000497. The number of anilines is 1. The maximum atomic E-state index is 14.8. The van der Waals surface area contributed by atoms with E-state index in [0.29, 0.717) is 12.1 Å². The fourth-order valence-corrected chi connectivity index (χ4v) is 4.59. The van der Waals surface area contributed by atoms with Gasteiger partial charge in [0.25, 0.3) is 12.4 Å². The molecule has 0 spiro atoms. The summed E-state index contributed by atoms with van der Waals surface area (Å²) in [5.41, 5.74) is 5.98. The minimum atomic E-state index is -2.94. The number of amidine groups is 1. The molecular weight excluding hydrogens is 461 g/mol. The summed E-state index contributed by atoms with van der Waals surface area (Å²) in [5.74, 6) is -0.747. The standard InChI is InChI=1S/C21H22BrF3N4O/c1-2-14-9-21(19(24)25,29-20(26)30-14)15-8-13(4-5-16(15)23)28-17-6-3-11-7-12(22)10-27-18(11)17/h4-5,7-8,10,14,17,19,28H,2-3,6,9H2,1H3,(H2,26,29)/t14-,17-,21+/m1/s1. The largest absolute Gasteiger partial charge is 0.462 e. The maximum absolute atomic E-state index is 14.8. The van der Waals surface area contributed by atoms with Gasteiger partial charge in [0, 0.05) is 28.3 Å². The second-order valence-electron chi connectivity index (χ2n) is 7.66. The number of nitrogens with zero attached hydrogens (tertiary/aromatic N) is 2. The number of benzene rings is 1. The number of nitrogens with two attached hydrogens (primary N) is 1. The predicted octanol–water partition coefficient (Wildman–Crippen LogP) is 5.06. The third-order valence-corrected chi connectivity index (χ3v) is 6.16. The fourth-order valence-electron chi connectivity index (χ4n) is 4.21. The molecule has 0 fully saturated rings. The molecule has 0 unspecified atom stereocenters. The molecule has 5 nitrogen and oxygen atoms in total. The predicted molar refractivity (Wildman–Crippen MR) is 112 cm³/mol. The number of halogens is 4. The molecule has 1 aromatic carbocycles. The Morgan fingerprint density at radius 1 is 1.37 bits per heavy atom. The molecule has 160 valence electrons. The summed E-state index contributed by atoms with van der Waals surface area (Å²) >= 11 is 3.42. The first-order valence-electron chi connectivity index (χ1n) is 9.83. The summed E-state index contributed by atoms with van der Waals surface area (Å²) in [7, 11) is 0. The third kappa shape index (κ3) is 3.75. The third-order valence-electron chi connectivity index (χ3n) is 5.73. The van der Waals surface area contributed by atoms with Crippen LogP contribution in [0.25, 0.3) is 0 Å². The molecule has 30 heavy (non-hydrogen) atoms. The molecular formula is C21H22BrF3N4O. The minimum Gasteiger partial charge on any atom is -0.462 e. The Kier molecular flexibility index (Phi) is 5.65. The Morgan fingerprint density at radius 2 is 2.17 bits per heavy atom. The summed E-state index contributed by atoms with van der Waals surface area (Å²) in [5, 5.41) is 3.32. The zero-order valence-electron chi connectivity index (χ0n) is 16.3. The maximum Gasteiger partial charge on any atom is 0.283 e. The van der Waals surface area contributed by atoms with Crippen molar-refractivity contribution in [3.63, 3.8) is 0 Å². The van der Waals surface area contributed by atoms with Crippen molar-refractivity contribution in [2.24, 2.45) is 10.7 Å². The summed E-state index contributed by atoms with van der Waals surface area (Å²) < 4.78 is 49.6. The highest BCUT2D eigenvalue weighted by Gasteiger charge is 2.48. The van der Waals surface area contributed by atoms with Crippen LogP contribution in [0.4, 0.5) is 18.9 Å². The van der Waals surface area contributed by atoms with Crippen LogP contribution in [-0.4, -0.2) is 23.5 Å². The first-order chi connectivity index (χ1) is 14.3. The van der Waals surface area contributed by atoms with Crippen molar-refractivity contribution in [2.45, 2.75) is 56.7 Å². The van der Waals surface area contributed by atoms with Crippen molar-refractivity contribution in [2.75, 3.05) is 5.32 Å². The average Bonchev–Trinajstić information content (AvgIpc) is 3.10. The van der Waals surface area contributed by atoms with Crippen LogP contribution in [0.3, 0.4) is 0 Å². The zero-order chi connectivity index (χ0) is 21.5. The van der Waals surface area contributed by atoms with Gasteiger partial charge in [0.2, 0.25) is 0 Å². The van der Waals surface area contributed by atoms with E-state index in [9.17, 15) is 13.2 Å².